The second kappa shape index (κ2) is 5.35. The minimum Gasteiger partial charge on any atom is -0.476 e. The number of hydrogen-bond donors (Lipinski definition) is 1. The SMILES string of the molecule is CCOc1ncnc2c1ncn2[C@H]1CC2C(CO)C1C[C@@H]2Cl. The van der Waals surface area contributed by atoms with Crippen molar-refractivity contribution in [3.05, 3.63) is 12.7 Å². The fourth-order valence-electron chi connectivity index (χ4n) is 4.32. The average molecular weight is 323 g/mol. The summed E-state index contributed by atoms with van der Waals surface area (Å²) in [4.78, 5) is 13.0. The van der Waals surface area contributed by atoms with E-state index in [0.29, 0.717) is 35.9 Å². The first-order valence-corrected chi connectivity index (χ1v) is 8.23. The molecule has 2 aromatic rings. The lowest BCUT2D eigenvalue weighted by Crippen LogP contribution is -2.21. The largest absolute Gasteiger partial charge is 0.476 e. The van der Waals surface area contributed by atoms with Gasteiger partial charge in [-0.2, -0.15) is 4.98 Å². The van der Waals surface area contributed by atoms with Crippen LogP contribution in [0.4, 0.5) is 0 Å². The molecule has 2 saturated carbocycles. The van der Waals surface area contributed by atoms with Crippen LogP contribution in [-0.4, -0.2) is 43.2 Å². The standard InChI is InChI=1S/C15H19ClN4O2/c1-2-22-15-13-14(17-6-18-15)20(7-19-13)12-4-8-10(5-21)9(12)3-11(8)16/h6-12,21H,2-5H2,1H3/t8?,9?,10?,11-,12-/m0/s1. The molecule has 0 spiro atoms. The number of aliphatic hydroxyl groups is 1. The molecule has 2 bridgehead atoms. The van der Waals surface area contributed by atoms with Crippen molar-refractivity contribution < 1.29 is 9.84 Å². The molecule has 1 N–H and O–H groups in total. The number of rotatable bonds is 4. The molecule has 0 aromatic carbocycles. The fourth-order valence-corrected chi connectivity index (χ4v) is 4.82. The van der Waals surface area contributed by atoms with Crippen LogP contribution >= 0.6 is 11.6 Å². The van der Waals surface area contributed by atoms with E-state index in [2.05, 4.69) is 19.5 Å². The lowest BCUT2D eigenvalue weighted by molar-refractivity contribution is 0.185. The number of aromatic nitrogens is 4. The quantitative estimate of drug-likeness (QED) is 0.872. The maximum Gasteiger partial charge on any atom is 0.245 e. The van der Waals surface area contributed by atoms with Gasteiger partial charge < -0.3 is 14.4 Å². The Kier molecular flexibility index (Phi) is 3.46. The van der Waals surface area contributed by atoms with Gasteiger partial charge in [0, 0.05) is 18.0 Å². The Balaban J connectivity index is 1.73. The van der Waals surface area contributed by atoms with E-state index in [4.69, 9.17) is 16.3 Å². The van der Waals surface area contributed by atoms with Crippen LogP contribution in [0.5, 0.6) is 5.88 Å². The molecule has 7 heteroatoms. The molecule has 118 valence electrons. The van der Waals surface area contributed by atoms with Crippen molar-refractivity contribution in [3.8, 4) is 5.88 Å². The van der Waals surface area contributed by atoms with E-state index in [1.165, 1.54) is 6.33 Å². The number of alkyl halides is 1. The fraction of sp³-hybridized carbons (Fsp3) is 0.667. The number of ether oxygens (including phenoxy) is 1. The molecule has 3 unspecified atom stereocenters. The first-order valence-electron chi connectivity index (χ1n) is 7.79. The summed E-state index contributed by atoms with van der Waals surface area (Å²) >= 11 is 6.41. The van der Waals surface area contributed by atoms with Crippen molar-refractivity contribution in [2.24, 2.45) is 17.8 Å². The third-order valence-corrected chi connectivity index (χ3v) is 5.75. The van der Waals surface area contributed by atoms with Gasteiger partial charge in [-0.1, -0.05) is 0 Å². The van der Waals surface area contributed by atoms with E-state index >= 15 is 0 Å². The van der Waals surface area contributed by atoms with E-state index in [1.807, 2.05) is 13.3 Å². The maximum absolute atomic E-state index is 9.68. The van der Waals surface area contributed by atoms with E-state index in [0.717, 1.165) is 18.5 Å². The van der Waals surface area contributed by atoms with Gasteiger partial charge in [0.15, 0.2) is 11.2 Å². The topological polar surface area (TPSA) is 73.1 Å². The predicted octanol–water partition coefficient (Wildman–Crippen LogP) is 2.02. The molecule has 0 saturated heterocycles. The summed E-state index contributed by atoms with van der Waals surface area (Å²) in [6.45, 7) is 2.68. The van der Waals surface area contributed by atoms with E-state index in [9.17, 15) is 5.11 Å². The summed E-state index contributed by atoms with van der Waals surface area (Å²) in [6.07, 6.45) is 5.27. The highest BCUT2D eigenvalue weighted by Crippen LogP contribution is 2.56. The van der Waals surface area contributed by atoms with Gasteiger partial charge in [0.05, 0.1) is 12.9 Å². The second-order valence-corrected chi connectivity index (χ2v) is 6.73. The van der Waals surface area contributed by atoms with Crippen LogP contribution in [0, 0.1) is 17.8 Å². The summed E-state index contributed by atoms with van der Waals surface area (Å²) in [5.74, 6) is 1.59. The Morgan fingerprint density at radius 1 is 1.32 bits per heavy atom. The number of hydrogen-bond acceptors (Lipinski definition) is 5. The Labute approximate surface area is 133 Å². The van der Waals surface area contributed by atoms with Crippen LogP contribution < -0.4 is 4.74 Å². The lowest BCUT2D eigenvalue weighted by atomic mass is 9.94. The molecule has 2 aromatic heterocycles. The number of aliphatic hydroxyl groups excluding tert-OH is 1. The monoisotopic (exact) mass is 322 g/mol. The Bertz CT molecular complexity index is 691. The molecule has 2 aliphatic rings. The number of fused-ring (bicyclic) bond motifs is 3. The minimum absolute atomic E-state index is 0.182. The van der Waals surface area contributed by atoms with Gasteiger partial charge in [-0.25, -0.2) is 9.97 Å². The van der Waals surface area contributed by atoms with Gasteiger partial charge in [0.2, 0.25) is 5.88 Å². The summed E-state index contributed by atoms with van der Waals surface area (Å²) in [6, 6.07) is 0.298. The van der Waals surface area contributed by atoms with E-state index in [-0.39, 0.29) is 17.9 Å². The van der Waals surface area contributed by atoms with Gasteiger partial charge in [-0.05, 0) is 37.5 Å². The van der Waals surface area contributed by atoms with Crippen molar-refractivity contribution in [1.29, 1.82) is 0 Å². The van der Waals surface area contributed by atoms with Gasteiger partial charge in [0.25, 0.3) is 0 Å². The Morgan fingerprint density at radius 3 is 2.91 bits per heavy atom. The van der Waals surface area contributed by atoms with Crippen molar-refractivity contribution in [1.82, 2.24) is 19.5 Å². The molecular weight excluding hydrogens is 304 g/mol. The molecule has 5 atom stereocenters. The molecular formula is C15H19ClN4O2. The summed E-state index contributed by atoms with van der Waals surface area (Å²) in [7, 11) is 0. The molecule has 2 fully saturated rings. The lowest BCUT2D eigenvalue weighted by Gasteiger charge is -2.25. The molecule has 22 heavy (non-hydrogen) atoms. The summed E-state index contributed by atoms with van der Waals surface area (Å²) < 4.78 is 7.65. The zero-order valence-corrected chi connectivity index (χ0v) is 13.1. The zero-order valence-electron chi connectivity index (χ0n) is 12.4. The molecule has 2 heterocycles. The van der Waals surface area contributed by atoms with Crippen molar-refractivity contribution in [3.63, 3.8) is 0 Å². The average Bonchev–Trinajstić information content (AvgIpc) is 3.17. The first kappa shape index (κ1) is 14.2. The summed E-state index contributed by atoms with van der Waals surface area (Å²) in [5, 5.41) is 9.86. The molecule has 6 nitrogen and oxygen atoms in total. The van der Waals surface area contributed by atoms with Crippen molar-refractivity contribution in [2.75, 3.05) is 13.2 Å². The smallest absolute Gasteiger partial charge is 0.245 e. The molecule has 0 radical (unpaired) electrons. The van der Waals surface area contributed by atoms with Crippen LogP contribution in [0.15, 0.2) is 12.7 Å². The highest BCUT2D eigenvalue weighted by molar-refractivity contribution is 6.21. The van der Waals surface area contributed by atoms with Crippen LogP contribution in [0.25, 0.3) is 11.2 Å². The van der Waals surface area contributed by atoms with Crippen LogP contribution in [0.3, 0.4) is 0 Å². The molecule has 0 amide bonds. The van der Waals surface area contributed by atoms with Crippen molar-refractivity contribution in [2.45, 2.75) is 31.2 Å². The normalized spacial score (nSPS) is 33.7. The number of nitrogens with zero attached hydrogens (tertiary/aromatic N) is 4. The number of imidazole rings is 1. The third-order valence-electron chi connectivity index (χ3n) is 5.24. The number of halogens is 1. The van der Waals surface area contributed by atoms with E-state index < -0.39 is 0 Å². The van der Waals surface area contributed by atoms with Crippen LogP contribution in [0.1, 0.15) is 25.8 Å². The summed E-state index contributed by atoms with van der Waals surface area (Å²) in [5.41, 5.74) is 1.51. The molecule has 0 aliphatic heterocycles. The zero-order chi connectivity index (χ0) is 15.3. The van der Waals surface area contributed by atoms with Gasteiger partial charge in [0.1, 0.15) is 6.33 Å². The third kappa shape index (κ3) is 1.93. The van der Waals surface area contributed by atoms with Gasteiger partial charge >= 0.3 is 0 Å². The van der Waals surface area contributed by atoms with Crippen LogP contribution in [-0.2, 0) is 0 Å². The minimum atomic E-state index is 0.182. The maximum atomic E-state index is 9.68. The Hall–Kier alpha value is -1.40. The van der Waals surface area contributed by atoms with Gasteiger partial charge in [-0.3, -0.25) is 0 Å². The van der Waals surface area contributed by atoms with Gasteiger partial charge in [-0.15, -0.1) is 11.6 Å². The Morgan fingerprint density at radius 2 is 2.18 bits per heavy atom. The first-order chi connectivity index (χ1) is 10.7. The molecule has 2 aliphatic carbocycles. The highest BCUT2D eigenvalue weighted by Gasteiger charge is 2.53. The molecule has 4 rings (SSSR count). The second-order valence-electron chi connectivity index (χ2n) is 6.16. The predicted molar refractivity (Wildman–Crippen MR) is 82.0 cm³/mol. The van der Waals surface area contributed by atoms with Crippen molar-refractivity contribution >= 4 is 22.8 Å². The van der Waals surface area contributed by atoms with Crippen LogP contribution in [0.2, 0.25) is 0 Å². The highest BCUT2D eigenvalue weighted by atomic mass is 35.5. The van der Waals surface area contributed by atoms with E-state index in [1.54, 1.807) is 0 Å².